The molecule has 29 heavy (non-hydrogen) atoms. The molecule has 154 valence electrons. The number of anilines is 1. The van der Waals surface area contributed by atoms with E-state index in [1.807, 2.05) is 0 Å². The average Bonchev–Trinajstić information content (AvgIpc) is 3.27. The molecule has 0 N–H and O–H groups in total. The molecule has 1 heterocycles. The third-order valence-electron chi connectivity index (χ3n) is 5.63. The molecule has 1 fully saturated rings. The van der Waals surface area contributed by atoms with Gasteiger partial charge in [-0.05, 0) is 49.2 Å². The van der Waals surface area contributed by atoms with Gasteiger partial charge in [0, 0.05) is 18.1 Å². The van der Waals surface area contributed by atoms with Gasteiger partial charge in [0.1, 0.15) is 5.75 Å². The van der Waals surface area contributed by atoms with E-state index >= 15 is 0 Å². The van der Waals surface area contributed by atoms with Gasteiger partial charge in [-0.1, -0.05) is 36.6 Å². The zero-order valence-corrected chi connectivity index (χ0v) is 17.7. The first-order chi connectivity index (χ1) is 13.9. The highest BCUT2D eigenvalue weighted by Crippen LogP contribution is 2.37. The molecule has 8 heteroatoms. The lowest BCUT2D eigenvalue weighted by Gasteiger charge is -2.37. The number of likely N-dealkylation sites (N-methyl/N-ethyl adjacent to an activating group) is 1. The van der Waals surface area contributed by atoms with Crippen LogP contribution in [-0.2, 0) is 14.8 Å². The molecule has 6 nitrogen and oxygen atoms in total. The summed E-state index contributed by atoms with van der Waals surface area (Å²) in [5.74, 6) is 0.192. The SMILES string of the molecule is CN(C(=O)C1CN(S(=O)(=O)c2ccc(Cl)cc2)c2ccccc2O1)C1CCCC1. The van der Waals surface area contributed by atoms with Crippen molar-refractivity contribution in [3.63, 3.8) is 0 Å². The molecule has 1 amide bonds. The molecule has 0 bridgehead atoms. The summed E-state index contributed by atoms with van der Waals surface area (Å²) in [5, 5.41) is 0.456. The van der Waals surface area contributed by atoms with E-state index in [-0.39, 0.29) is 23.4 Å². The van der Waals surface area contributed by atoms with E-state index in [0.717, 1.165) is 25.7 Å². The fraction of sp³-hybridized carbons (Fsp3) is 0.381. The smallest absolute Gasteiger partial charge is 0.265 e. The lowest BCUT2D eigenvalue weighted by atomic mass is 10.1. The molecule has 0 saturated heterocycles. The zero-order chi connectivity index (χ0) is 20.6. The molecule has 2 aromatic carbocycles. The highest BCUT2D eigenvalue weighted by molar-refractivity contribution is 7.92. The topological polar surface area (TPSA) is 66.9 Å². The van der Waals surface area contributed by atoms with Gasteiger partial charge in [-0.15, -0.1) is 0 Å². The number of amides is 1. The van der Waals surface area contributed by atoms with Crippen molar-refractivity contribution in [1.82, 2.24) is 4.90 Å². The maximum Gasteiger partial charge on any atom is 0.265 e. The Labute approximate surface area is 176 Å². The van der Waals surface area contributed by atoms with Crippen LogP contribution in [0.4, 0.5) is 5.69 Å². The van der Waals surface area contributed by atoms with Crippen molar-refractivity contribution in [3.8, 4) is 5.75 Å². The summed E-state index contributed by atoms with van der Waals surface area (Å²) >= 11 is 5.91. The molecule has 1 aliphatic heterocycles. The number of ether oxygens (including phenoxy) is 1. The summed E-state index contributed by atoms with van der Waals surface area (Å²) in [6.45, 7) is -0.0716. The van der Waals surface area contributed by atoms with Crippen LogP contribution >= 0.6 is 11.6 Å². The van der Waals surface area contributed by atoms with Gasteiger partial charge in [0.2, 0.25) is 0 Å². The first-order valence-electron chi connectivity index (χ1n) is 9.68. The van der Waals surface area contributed by atoms with Gasteiger partial charge in [0.25, 0.3) is 15.9 Å². The van der Waals surface area contributed by atoms with Crippen LogP contribution in [0.3, 0.4) is 0 Å². The number of nitrogens with zero attached hydrogens (tertiary/aromatic N) is 2. The van der Waals surface area contributed by atoms with Crippen molar-refractivity contribution in [1.29, 1.82) is 0 Å². The average molecular weight is 435 g/mol. The minimum absolute atomic E-state index is 0.0716. The molecule has 1 unspecified atom stereocenters. The summed E-state index contributed by atoms with van der Waals surface area (Å²) in [5.41, 5.74) is 0.426. The first kappa shape index (κ1) is 20.0. The largest absolute Gasteiger partial charge is 0.476 e. The van der Waals surface area contributed by atoms with Gasteiger partial charge < -0.3 is 9.64 Å². The van der Waals surface area contributed by atoms with Gasteiger partial charge >= 0.3 is 0 Å². The minimum atomic E-state index is -3.88. The van der Waals surface area contributed by atoms with E-state index in [0.29, 0.717) is 16.5 Å². The monoisotopic (exact) mass is 434 g/mol. The molecular weight excluding hydrogens is 412 g/mol. The molecule has 1 aliphatic carbocycles. The van der Waals surface area contributed by atoms with Crippen LogP contribution in [0.1, 0.15) is 25.7 Å². The third kappa shape index (κ3) is 3.81. The number of sulfonamides is 1. The Morgan fingerprint density at radius 2 is 1.76 bits per heavy atom. The Hall–Kier alpha value is -2.25. The van der Waals surface area contributed by atoms with Crippen LogP contribution in [0, 0.1) is 0 Å². The van der Waals surface area contributed by atoms with E-state index in [9.17, 15) is 13.2 Å². The number of fused-ring (bicyclic) bond motifs is 1. The summed E-state index contributed by atoms with van der Waals surface area (Å²) in [6.07, 6.45) is 3.26. The second-order valence-corrected chi connectivity index (χ2v) is 9.75. The number of carbonyl (C=O) groups excluding carboxylic acids is 1. The molecule has 0 aromatic heterocycles. The lowest BCUT2D eigenvalue weighted by Crippen LogP contribution is -2.52. The number of benzene rings is 2. The molecule has 0 spiro atoms. The lowest BCUT2D eigenvalue weighted by molar-refractivity contribution is -0.139. The molecular formula is C21H23ClN2O4S. The number of para-hydroxylation sites is 2. The molecule has 1 saturated carbocycles. The zero-order valence-electron chi connectivity index (χ0n) is 16.1. The maximum absolute atomic E-state index is 13.4. The van der Waals surface area contributed by atoms with E-state index in [4.69, 9.17) is 16.3 Å². The number of rotatable bonds is 4. The number of hydrogen-bond donors (Lipinski definition) is 0. The van der Waals surface area contributed by atoms with Gasteiger partial charge in [0.05, 0.1) is 17.1 Å². The van der Waals surface area contributed by atoms with E-state index in [1.54, 1.807) is 36.2 Å². The van der Waals surface area contributed by atoms with E-state index in [1.165, 1.54) is 28.6 Å². The first-order valence-corrected chi connectivity index (χ1v) is 11.5. The second-order valence-electron chi connectivity index (χ2n) is 7.45. The van der Waals surface area contributed by atoms with Crippen LogP contribution in [0.5, 0.6) is 5.75 Å². The standard InChI is InChI=1S/C21H23ClN2O4S/c1-23(16-6-2-3-7-16)21(25)20-14-24(18-8-4-5-9-19(18)28-20)29(26,27)17-12-10-15(22)11-13-17/h4-5,8-13,16,20H,2-3,6-7,14H2,1H3. The predicted molar refractivity (Wildman–Crippen MR) is 112 cm³/mol. The number of carbonyl (C=O) groups is 1. The van der Waals surface area contributed by atoms with Crippen LogP contribution in [0.15, 0.2) is 53.4 Å². The van der Waals surface area contributed by atoms with Gasteiger partial charge in [-0.3, -0.25) is 9.10 Å². The van der Waals surface area contributed by atoms with Crippen LogP contribution in [0.25, 0.3) is 0 Å². The summed E-state index contributed by atoms with van der Waals surface area (Å²) in [6, 6.07) is 13.1. The van der Waals surface area contributed by atoms with Crippen LogP contribution in [0.2, 0.25) is 5.02 Å². The number of halogens is 1. The fourth-order valence-electron chi connectivity index (χ4n) is 3.99. The molecule has 1 atom stereocenters. The van der Waals surface area contributed by atoms with Crippen LogP contribution < -0.4 is 9.04 Å². The highest BCUT2D eigenvalue weighted by Gasteiger charge is 2.39. The summed E-state index contributed by atoms with van der Waals surface area (Å²) in [4.78, 5) is 15.0. The van der Waals surface area contributed by atoms with Crippen molar-refractivity contribution < 1.29 is 17.9 Å². The highest BCUT2D eigenvalue weighted by atomic mass is 35.5. The second kappa shape index (κ2) is 7.88. The Kier molecular flexibility index (Phi) is 5.44. The number of hydrogen-bond acceptors (Lipinski definition) is 4. The van der Waals surface area contributed by atoms with Crippen LogP contribution in [-0.4, -0.2) is 45.0 Å². The van der Waals surface area contributed by atoms with Crippen molar-refractivity contribution >= 4 is 33.2 Å². The molecule has 0 radical (unpaired) electrons. The summed E-state index contributed by atoms with van der Waals surface area (Å²) < 4.78 is 33.9. The van der Waals surface area contributed by atoms with Crippen molar-refractivity contribution in [2.75, 3.05) is 17.9 Å². The van der Waals surface area contributed by atoms with Crippen molar-refractivity contribution in [3.05, 3.63) is 53.6 Å². The van der Waals surface area contributed by atoms with Gasteiger partial charge in [-0.25, -0.2) is 8.42 Å². The fourth-order valence-corrected chi connectivity index (χ4v) is 5.59. The Morgan fingerprint density at radius 1 is 1.10 bits per heavy atom. The predicted octanol–water partition coefficient (Wildman–Crippen LogP) is 3.70. The quantitative estimate of drug-likeness (QED) is 0.735. The minimum Gasteiger partial charge on any atom is -0.476 e. The third-order valence-corrected chi connectivity index (χ3v) is 7.68. The van der Waals surface area contributed by atoms with E-state index in [2.05, 4.69) is 0 Å². The van der Waals surface area contributed by atoms with Gasteiger partial charge in [0.15, 0.2) is 6.10 Å². The normalized spacial score (nSPS) is 19.5. The Morgan fingerprint density at radius 3 is 2.45 bits per heavy atom. The Balaban J connectivity index is 1.68. The molecule has 4 rings (SSSR count). The van der Waals surface area contributed by atoms with E-state index < -0.39 is 16.1 Å². The molecule has 2 aromatic rings. The maximum atomic E-state index is 13.4. The van der Waals surface area contributed by atoms with Crippen molar-refractivity contribution in [2.24, 2.45) is 0 Å². The summed E-state index contributed by atoms with van der Waals surface area (Å²) in [7, 11) is -2.10. The Bertz CT molecular complexity index is 1000. The van der Waals surface area contributed by atoms with Gasteiger partial charge in [-0.2, -0.15) is 0 Å². The molecule has 2 aliphatic rings. The van der Waals surface area contributed by atoms with Crippen molar-refractivity contribution in [2.45, 2.75) is 42.7 Å².